The number of rotatable bonds is 3. The van der Waals surface area contributed by atoms with Crippen LogP contribution in [0.15, 0.2) is 28.8 Å². The van der Waals surface area contributed by atoms with Gasteiger partial charge in [0.1, 0.15) is 0 Å². The van der Waals surface area contributed by atoms with Crippen molar-refractivity contribution in [2.24, 2.45) is 5.73 Å². The molecular formula is C15H22N4O. The molecule has 1 atom stereocenters. The van der Waals surface area contributed by atoms with Crippen LogP contribution in [0.5, 0.6) is 0 Å². The van der Waals surface area contributed by atoms with E-state index < -0.39 is 0 Å². The Morgan fingerprint density at radius 2 is 1.75 bits per heavy atom. The number of aromatic nitrogens is 2. The molecule has 1 unspecified atom stereocenters. The lowest BCUT2D eigenvalue weighted by Gasteiger charge is -2.14. The van der Waals surface area contributed by atoms with Crippen LogP contribution < -0.4 is 10.6 Å². The fourth-order valence-corrected chi connectivity index (χ4v) is 1.79. The van der Waals surface area contributed by atoms with Crippen molar-refractivity contribution in [3.05, 3.63) is 41.5 Å². The maximum atomic E-state index is 6.20. The smallest absolute Gasteiger partial charge is 0.232 e. The zero-order valence-electron chi connectivity index (χ0n) is 12.7. The summed E-state index contributed by atoms with van der Waals surface area (Å²) in [5.41, 5.74) is 8.13. The van der Waals surface area contributed by atoms with E-state index in [9.17, 15) is 0 Å². The van der Waals surface area contributed by atoms with Crippen LogP contribution in [-0.4, -0.2) is 24.2 Å². The summed E-state index contributed by atoms with van der Waals surface area (Å²) in [5.74, 6) is 1.13. The second kappa shape index (κ2) is 5.25. The van der Waals surface area contributed by atoms with Gasteiger partial charge in [-0.1, -0.05) is 38.1 Å². The standard InChI is InChI=1S/C15H22N4O/c1-15(2,3)14-17-13(18-20-14)12(16)10-6-8-11(9-7-10)19(4)5/h6-9,12H,16H2,1-5H3. The van der Waals surface area contributed by atoms with E-state index in [1.807, 2.05) is 64.0 Å². The number of nitrogens with zero attached hydrogens (tertiary/aromatic N) is 3. The van der Waals surface area contributed by atoms with Crippen molar-refractivity contribution < 1.29 is 4.52 Å². The van der Waals surface area contributed by atoms with Gasteiger partial charge in [0.05, 0.1) is 6.04 Å². The second-order valence-corrected chi connectivity index (χ2v) is 6.17. The molecule has 0 aliphatic heterocycles. The van der Waals surface area contributed by atoms with Crippen LogP contribution in [0.3, 0.4) is 0 Å². The first-order chi connectivity index (χ1) is 9.29. The van der Waals surface area contributed by atoms with E-state index in [2.05, 4.69) is 10.1 Å². The lowest BCUT2D eigenvalue weighted by molar-refractivity contribution is 0.317. The molecule has 0 amide bonds. The molecule has 1 aromatic carbocycles. The van der Waals surface area contributed by atoms with Crippen molar-refractivity contribution >= 4 is 5.69 Å². The highest BCUT2D eigenvalue weighted by molar-refractivity contribution is 5.47. The third-order valence-corrected chi connectivity index (χ3v) is 3.13. The summed E-state index contributed by atoms with van der Waals surface area (Å²) in [6.45, 7) is 6.09. The average molecular weight is 274 g/mol. The molecule has 0 saturated heterocycles. The minimum atomic E-state index is -0.369. The first-order valence-electron chi connectivity index (χ1n) is 6.66. The van der Waals surface area contributed by atoms with Gasteiger partial charge in [-0.3, -0.25) is 0 Å². The monoisotopic (exact) mass is 274 g/mol. The number of hydrogen-bond donors (Lipinski definition) is 1. The number of nitrogens with two attached hydrogens (primary N) is 1. The fraction of sp³-hybridized carbons (Fsp3) is 0.467. The Morgan fingerprint density at radius 1 is 1.15 bits per heavy atom. The van der Waals surface area contributed by atoms with Crippen molar-refractivity contribution in [3.63, 3.8) is 0 Å². The molecule has 20 heavy (non-hydrogen) atoms. The molecule has 0 aliphatic rings. The van der Waals surface area contributed by atoms with Crippen molar-refractivity contribution in [3.8, 4) is 0 Å². The van der Waals surface area contributed by atoms with E-state index >= 15 is 0 Å². The second-order valence-electron chi connectivity index (χ2n) is 6.17. The molecule has 2 N–H and O–H groups in total. The molecule has 2 rings (SSSR count). The molecule has 5 nitrogen and oxygen atoms in total. The lowest BCUT2D eigenvalue weighted by Crippen LogP contribution is -2.16. The highest BCUT2D eigenvalue weighted by atomic mass is 16.5. The summed E-state index contributed by atoms with van der Waals surface area (Å²) in [4.78, 5) is 6.45. The topological polar surface area (TPSA) is 68.2 Å². The number of anilines is 1. The van der Waals surface area contributed by atoms with Crippen LogP contribution >= 0.6 is 0 Å². The van der Waals surface area contributed by atoms with Crippen LogP contribution in [0.2, 0.25) is 0 Å². The van der Waals surface area contributed by atoms with Crippen LogP contribution in [0.25, 0.3) is 0 Å². The molecule has 0 radical (unpaired) electrons. The number of benzene rings is 1. The van der Waals surface area contributed by atoms with Gasteiger partial charge in [-0.05, 0) is 17.7 Å². The van der Waals surface area contributed by atoms with Crippen molar-refractivity contribution in [1.82, 2.24) is 10.1 Å². The molecule has 2 aromatic rings. The van der Waals surface area contributed by atoms with Gasteiger partial charge in [0.25, 0.3) is 0 Å². The minimum Gasteiger partial charge on any atom is -0.378 e. The Kier molecular flexibility index (Phi) is 3.81. The summed E-state index contributed by atoms with van der Waals surface area (Å²) in [6, 6.07) is 7.67. The SMILES string of the molecule is CN(C)c1ccc(C(N)c2noc(C(C)(C)C)n2)cc1. The first kappa shape index (κ1) is 14.5. The van der Waals surface area contributed by atoms with Gasteiger partial charge in [0.15, 0.2) is 5.82 Å². The normalized spacial score (nSPS) is 13.3. The molecule has 0 spiro atoms. The minimum absolute atomic E-state index is 0.167. The van der Waals surface area contributed by atoms with E-state index in [4.69, 9.17) is 10.3 Å². The van der Waals surface area contributed by atoms with Crippen molar-refractivity contribution in [2.75, 3.05) is 19.0 Å². The van der Waals surface area contributed by atoms with Gasteiger partial charge in [-0.2, -0.15) is 4.98 Å². The Bertz CT molecular complexity index is 566. The van der Waals surface area contributed by atoms with Crippen LogP contribution in [0, 0.1) is 0 Å². The summed E-state index contributed by atoms with van der Waals surface area (Å²) < 4.78 is 5.28. The Balaban J connectivity index is 2.22. The van der Waals surface area contributed by atoms with E-state index in [-0.39, 0.29) is 11.5 Å². The molecule has 0 saturated carbocycles. The zero-order valence-corrected chi connectivity index (χ0v) is 12.7. The molecule has 1 aromatic heterocycles. The molecule has 1 heterocycles. The summed E-state index contributed by atoms with van der Waals surface area (Å²) in [7, 11) is 4.01. The zero-order chi connectivity index (χ0) is 14.9. The predicted molar refractivity (Wildman–Crippen MR) is 79.8 cm³/mol. The van der Waals surface area contributed by atoms with Crippen molar-refractivity contribution in [2.45, 2.75) is 32.2 Å². The Morgan fingerprint density at radius 3 is 2.20 bits per heavy atom. The number of hydrogen-bond acceptors (Lipinski definition) is 5. The third kappa shape index (κ3) is 2.99. The molecule has 5 heteroatoms. The van der Waals surface area contributed by atoms with Gasteiger partial charge in [0.2, 0.25) is 5.89 Å². The fourth-order valence-electron chi connectivity index (χ4n) is 1.79. The Labute approximate surface area is 119 Å². The van der Waals surface area contributed by atoms with E-state index in [0.29, 0.717) is 11.7 Å². The maximum absolute atomic E-state index is 6.20. The predicted octanol–water partition coefficient (Wildman–Crippen LogP) is 2.48. The van der Waals surface area contributed by atoms with Gasteiger partial charge < -0.3 is 15.2 Å². The van der Waals surface area contributed by atoms with Crippen LogP contribution in [-0.2, 0) is 5.41 Å². The van der Waals surface area contributed by atoms with Gasteiger partial charge in [-0.15, -0.1) is 0 Å². The average Bonchev–Trinajstić information content (AvgIpc) is 2.87. The van der Waals surface area contributed by atoms with E-state index in [0.717, 1.165) is 11.3 Å². The summed E-state index contributed by atoms with van der Waals surface area (Å²) in [5, 5.41) is 3.99. The summed E-state index contributed by atoms with van der Waals surface area (Å²) in [6.07, 6.45) is 0. The molecular weight excluding hydrogens is 252 g/mol. The largest absolute Gasteiger partial charge is 0.378 e. The Hall–Kier alpha value is -1.88. The molecule has 0 aliphatic carbocycles. The third-order valence-electron chi connectivity index (χ3n) is 3.13. The van der Waals surface area contributed by atoms with E-state index in [1.54, 1.807) is 0 Å². The molecule has 0 bridgehead atoms. The summed E-state index contributed by atoms with van der Waals surface area (Å²) >= 11 is 0. The van der Waals surface area contributed by atoms with Crippen LogP contribution in [0.4, 0.5) is 5.69 Å². The van der Waals surface area contributed by atoms with Gasteiger partial charge >= 0.3 is 0 Å². The van der Waals surface area contributed by atoms with Crippen molar-refractivity contribution in [1.29, 1.82) is 0 Å². The molecule has 0 fully saturated rings. The first-order valence-corrected chi connectivity index (χ1v) is 6.66. The maximum Gasteiger partial charge on any atom is 0.232 e. The van der Waals surface area contributed by atoms with Gasteiger partial charge in [0, 0.05) is 25.2 Å². The molecule has 108 valence electrons. The van der Waals surface area contributed by atoms with E-state index in [1.165, 1.54) is 0 Å². The lowest BCUT2D eigenvalue weighted by atomic mass is 9.97. The quantitative estimate of drug-likeness (QED) is 0.931. The van der Waals surface area contributed by atoms with Crippen LogP contribution in [0.1, 0.15) is 44.1 Å². The highest BCUT2D eigenvalue weighted by Gasteiger charge is 2.24. The highest BCUT2D eigenvalue weighted by Crippen LogP contribution is 2.24. The van der Waals surface area contributed by atoms with Gasteiger partial charge in [-0.25, -0.2) is 0 Å².